The molecule has 0 aliphatic carbocycles. The second-order valence-corrected chi connectivity index (χ2v) is 10.4. The van der Waals surface area contributed by atoms with Crippen molar-refractivity contribution in [3.8, 4) is 5.75 Å². The second kappa shape index (κ2) is 11.3. The zero-order valence-electron chi connectivity index (χ0n) is 19.9. The number of benzene rings is 2. The average Bonchev–Trinajstić information content (AvgIpc) is 2.74. The van der Waals surface area contributed by atoms with E-state index in [9.17, 15) is 18.0 Å². The van der Waals surface area contributed by atoms with Crippen LogP contribution in [0.25, 0.3) is 0 Å². The van der Waals surface area contributed by atoms with Crippen LogP contribution in [0, 0.1) is 19.8 Å². The quantitative estimate of drug-likeness (QED) is 0.483. The summed E-state index contributed by atoms with van der Waals surface area (Å²) in [6.45, 7) is 11.0. The van der Waals surface area contributed by atoms with Gasteiger partial charge in [-0.25, -0.2) is 8.42 Å². The number of sulfonamides is 1. The predicted octanol–water partition coefficient (Wildman–Crippen LogP) is 2.96. The normalized spacial score (nSPS) is 12.5. The van der Waals surface area contributed by atoms with Crippen molar-refractivity contribution in [1.82, 2.24) is 15.6 Å². The molecule has 2 amide bonds. The van der Waals surface area contributed by atoms with Crippen LogP contribution in [-0.2, 0) is 19.6 Å². The molecule has 180 valence electrons. The van der Waals surface area contributed by atoms with E-state index in [-0.39, 0.29) is 23.3 Å². The van der Waals surface area contributed by atoms with E-state index >= 15 is 0 Å². The summed E-state index contributed by atoms with van der Waals surface area (Å²) in [5, 5.41) is 0. The van der Waals surface area contributed by atoms with Crippen LogP contribution in [0.5, 0.6) is 5.75 Å². The Kier molecular flexibility index (Phi) is 9.01. The Bertz CT molecular complexity index is 1080. The fraction of sp³-hybridized carbons (Fsp3) is 0.417. The summed E-state index contributed by atoms with van der Waals surface area (Å²) in [5.41, 5.74) is 7.47. The van der Waals surface area contributed by atoms with Crippen molar-refractivity contribution in [2.24, 2.45) is 5.92 Å². The molecule has 2 aromatic carbocycles. The van der Waals surface area contributed by atoms with Gasteiger partial charge in [-0.15, -0.1) is 0 Å². The number of aryl methyl sites for hydroxylation is 2. The van der Waals surface area contributed by atoms with Crippen molar-refractivity contribution in [2.75, 3.05) is 6.61 Å². The highest BCUT2D eigenvalue weighted by atomic mass is 32.2. The lowest BCUT2D eigenvalue weighted by atomic mass is 10.0. The van der Waals surface area contributed by atoms with Crippen molar-refractivity contribution in [3.05, 3.63) is 59.2 Å². The zero-order valence-corrected chi connectivity index (χ0v) is 20.7. The SMILES string of the molecule is Cc1ccc(S(=O)(=O)N[C@H](C(=O)NNC(=O)COc2cc(C)ccc2C(C)C)C(C)C)cc1. The van der Waals surface area contributed by atoms with Gasteiger partial charge in [0.2, 0.25) is 10.0 Å². The average molecular weight is 476 g/mol. The largest absolute Gasteiger partial charge is 0.483 e. The molecule has 8 nitrogen and oxygen atoms in total. The maximum absolute atomic E-state index is 12.7. The van der Waals surface area contributed by atoms with Crippen LogP contribution in [0.3, 0.4) is 0 Å². The number of carbonyl (C=O) groups is 2. The minimum Gasteiger partial charge on any atom is -0.483 e. The summed E-state index contributed by atoms with van der Waals surface area (Å²) >= 11 is 0. The number of rotatable bonds is 9. The molecule has 0 saturated heterocycles. The molecule has 9 heteroatoms. The first-order valence-corrected chi connectivity index (χ1v) is 12.3. The maximum atomic E-state index is 12.7. The van der Waals surface area contributed by atoms with Gasteiger partial charge >= 0.3 is 0 Å². The monoisotopic (exact) mass is 475 g/mol. The van der Waals surface area contributed by atoms with Crippen LogP contribution in [0.2, 0.25) is 0 Å². The van der Waals surface area contributed by atoms with Gasteiger partial charge in [-0.3, -0.25) is 20.4 Å². The van der Waals surface area contributed by atoms with Gasteiger partial charge in [0, 0.05) is 0 Å². The van der Waals surface area contributed by atoms with Gasteiger partial charge in [0.1, 0.15) is 11.8 Å². The Morgan fingerprint density at radius 3 is 2.09 bits per heavy atom. The summed E-state index contributed by atoms with van der Waals surface area (Å²) in [7, 11) is -3.92. The van der Waals surface area contributed by atoms with Crippen LogP contribution in [0.1, 0.15) is 50.3 Å². The third-order valence-corrected chi connectivity index (χ3v) is 6.49. The lowest BCUT2D eigenvalue weighted by Gasteiger charge is -2.22. The molecule has 0 spiro atoms. The summed E-state index contributed by atoms with van der Waals surface area (Å²) in [4.78, 5) is 24.9. The molecule has 0 aliphatic heterocycles. The van der Waals surface area contributed by atoms with Gasteiger partial charge in [-0.1, -0.05) is 57.5 Å². The molecular formula is C24H33N3O5S. The Labute approximate surface area is 196 Å². The van der Waals surface area contributed by atoms with E-state index in [0.29, 0.717) is 5.75 Å². The highest BCUT2D eigenvalue weighted by Gasteiger charge is 2.28. The first-order valence-electron chi connectivity index (χ1n) is 10.8. The van der Waals surface area contributed by atoms with Crippen LogP contribution in [0.4, 0.5) is 0 Å². The number of hydrogen-bond donors (Lipinski definition) is 3. The minimum absolute atomic E-state index is 0.0584. The Hall–Kier alpha value is -2.91. The highest BCUT2D eigenvalue weighted by Crippen LogP contribution is 2.27. The lowest BCUT2D eigenvalue weighted by molar-refractivity contribution is -0.131. The number of hydrazine groups is 1. The maximum Gasteiger partial charge on any atom is 0.276 e. The number of hydrogen-bond acceptors (Lipinski definition) is 5. The third kappa shape index (κ3) is 7.57. The Balaban J connectivity index is 1.97. The summed E-state index contributed by atoms with van der Waals surface area (Å²) in [6.07, 6.45) is 0. The molecule has 33 heavy (non-hydrogen) atoms. The molecule has 1 atom stereocenters. The molecule has 0 bridgehead atoms. The molecule has 2 rings (SSSR count). The Morgan fingerprint density at radius 1 is 0.909 bits per heavy atom. The van der Waals surface area contributed by atoms with Crippen molar-refractivity contribution < 1.29 is 22.7 Å². The predicted molar refractivity (Wildman–Crippen MR) is 127 cm³/mol. The first-order chi connectivity index (χ1) is 15.4. The van der Waals surface area contributed by atoms with Gasteiger partial charge < -0.3 is 4.74 Å². The van der Waals surface area contributed by atoms with E-state index in [2.05, 4.69) is 15.6 Å². The summed E-state index contributed by atoms with van der Waals surface area (Å²) in [6, 6.07) is 11.0. The molecule has 0 heterocycles. The van der Waals surface area contributed by atoms with Crippen LogP contribution in [-0.4, -0.2) is 32.9 Å². The summed E-state index contributed by atoms with van der Waals surface area (Å²) in [5.74, 6) is -0.774. The van der Waals surface area contributed by atoms with Gasteiger partial charge in [0.05, 0.1) is 4.90 Å². The number of amides is 2. The molecule has 0 fully saturated rings. The standard InChI is InChI=1S/C24H33N3O5S/c1-15(2)20-12-9-18(6)13-21(20)32-14-22(28)25-26-24(29)23(16(3)4)27-33(30,31)19-10-7-17(5)8-11-19/h7-13,15-16,23,27H,14H2,1-6H3,(H,25,28)(H,26,29)/t23-/m0/s1. The third-order valence-electron chi connectivity index (χ3n) is 5.04. The number of carbonyl (C=O) groups excluding carboxylic acids is 2. The van der Waals surface area contributed by atoms with Gasteiger partial charge in [0.25, 0.3) is 11.8 Å². The molecule has 0 unspecified atom stereocenters. The number of ether oxygens (including phenoxy) is 1. The molecular weight excluding hydrogens is 442 g/mol. The zero-order chi connectivity index (χ0) is 24.8. The van der Waals surface area contributed by atoms with E-state index in [1.807, 2.05) is 45.9 Å². The molecule has 0 radical (unpaired) electrons. The molecule has 0 saturated carbocycles. The van der Waals surface area contributed by atoms with Gasteiger partial charge in [0.15, 0.2) is 6.61 Å². The first kappa shape index (κ1) is 26.3. The van der Waals surface area contributed by atoms with Crippen LogP contribution < -0.4 is 20.3 Å². The van der Waals surface area contributed by atoms with Crippen molar-refractivity contribution in [2.45, 2.75) is 58.4 Å². The second-order valence-electron chi connectivity index (χ2n) is 8.68. The molecule has 3 N–H and O–H groups in total. The topological polar surface area (TPSA) is 114 Å². The van der Waals surface area contributed by atoms with E-state index < -0.39 is 27.9 Å². The van der Waals surface area contributed by atoms with Gasteiger partial charge in [-0.05, 0) is 55.0 Å². The van der Waals surface area contributed by atoms with E-state index in [1.54, 1.807) is 26.0 Å². The smallest absolute Gasteiger partial charge is 0.276 e. The molecule has 2 aromatic rings. The van der Waals surface area contributed by atoms with E-state index in [0.717, 1.165) is 16.7 Å². The fourth-order valence-electron chi connectivity index (χ4n) is 3.08. The molecule has 0 aromatic heterocycles. The van der Waals surface area contributed by atoms with E-state index in [1.165, 1.54) is 12.1 Å². The van der Waals surface area contributed by atoms with Gasteiger partial charge in [-0.2, -0.15) is 4.72 Å². The lowest BCUT2D eigenvalue weighted by Crippen LogP contribution is -2.54. The van der Waals surface area contributed by atoms with Crippen molar-refractivity contribution in [3.63, 3.8) is 0 Å². The minimum atomic E-state index is -3.92. The van der Waals surface area contributed by atoms with E-state index in [4.69, 9.17) is 4.74 Å². The fourth-order valence-corrected chi connectivity index (χ4v) is 4.42. The summed E-state index contributed by atoms with van der Waals surface area (Å²) < 4.78 is 33.4. The van der Waals surface area contributed by atoms with Crippen molar-refractivity contribution in [1.29, 1.82) is 0 Å². The van der Waals surface area contributed by atoms with Crippen molar-refractivity contribution >= 4 is 21.8 Å². The highest BCUT2D eigenvalue weighted by molar-refractivity contribution is 7.89. The Morgan fingerprint density at radius 2 is 1.52 bits per heavy atom. The molecule has 0 aliphatic rings. The number of nitrogens with one attached hydrogen (secondary N) is 3. The van der Waals surface area contributed by atoms with Crippen LogP contribution in [0.15, 0.2) is 47.4 Å². The van der Waals surface area contributed by atoms with Crippen LogP contribution >= 0.6 is 0 Å².